The van der Waals surface area contributed by atoms with E-state index in [1.54, 1.807) is 0 Å². The summed E-state index contributed by atoms with van der Waals surface area (Å²) in [6.07, 6.45) is -0.468. The highest BCUT2D eigenvalue weighted by Crippen LogP contribution is 2.28. The SMILES string of the molecule is O=C(NCCOc1ccccc1-c1csnn1)OCc1ccccc1. The molecule has 25 heavy (non-hydrogen) atoms. The number of rotatable bonds is 7. The summed E-state index contributed by atoms with van der Waals surface area (Å²) in [5, 5.41) is 8.58. The molecule has 7 heteroatoms. The summed E-state index contributed by atoms with van der Waals surface area (Å²) in [6.45, 7) is 0.916. The summed E-state index contributed by atoms with van der Waals surface area (Å²) in [5.41, 5.74) is 2.60. The zero-order valence-electron chi connectivity index (χ0n) is 13.4. The highest BCUT2D eigenvalue weighted by atomic mass is 32.1. The van der Waals surface area contributed by atoms with E-state index in [9.17, 15) is 4.79 Å². The first-order valence-electron chi connectivity index (χ1n) is 7.77. The quantitative estimate of drug-likeness (QED) is 0.657. The van der Waals surface area contributed by atoms with Crippen LogP contribution in [0.3, 0.4) is 0 Å². The first kappa shape index (κ1) is 16.9. The predicted octanol–water partition coefficient (Wildman–Crippen LogP) is 3.51. The predicted molar refractivity (Wildman–Crippen MR) is 95.5 cm³/mol. The van der Waals surface area contributed by atoms with Crippen molar-refractivity contribution in [3.8, 4) is 17.0 Å². The average Bonchev–Trinajstić information content (AvgIpc) is 3.19. The van der Waals surface area contributed by atoms with Gasteiger partial charge in [-0.25, -0.2) is 4.79 Å². The van der Waals surface area contributed by atoms with Gasteiger partial charge in [-0.1, -0.05) is 47.0 Å². The molecule has 0 saturated carbocycles. The van der Waals surface area contributed by atoms with Crippen LogP contribution in [0, 0.1) is 0 Å². The van der Waals surface area contributed by atoms with Gasteiger partial charge in [0.15, 0.2) is 0 Å². The number of nitrogens with one attached hydrogen (secondary N) is 1. The van der Waals surface area contributed by atoms with Crippen LogP contribution in [-0.4, -0.2) is 28.8 Å². The van der Waals surface area contributed by atoms with Crippen LogP contribution >= 0.6 is 11.5 Å². The molecule has 1 aromatic heterocycles. The summed E-state index contributed by atoms with van der Waals surface area (Å²) in [6, 6.07) is 17.1. The molecule has 128 valence electrons. The normalized spacial score (nSPS) is 10.2. The highest BCUT2D eigenvalue weighted by Gasteiger charge is 2.08. The van der Waals surface area contributed by atoms with Gasteiger partial charge in [0.1, 0.15) is 24.7 Å². The second-order valence-electron chi connectivity index (χ2n) is 5.12. The third-order valence-corrected chi connectivity index (χ3v) is 3.87. The number of amides is 1. The molecule has 1 N–H and O–H groups in total. The molecule has 0 radical (unpaired) electrons. The van der Waals surface area contributed by atoms with Crippen molar-refractivity contribution in [1.82, 2.24) is 14.9 Å². The van der Waals surface area contributed by atoms with E-state index in [2.05, 4.69) is 14.9 Å². The highest BCUT2D eigenvalue weighted by molar-refractivity contribution is 7.03. The van der Waals surface area contributed by atoms with Gasteiger partial charge in [-0.15, -0.1) is 5.10 Å². The van der Waals surface area contributed by atoms with E-state index in [1.165, 1.54) is 11.5 Å². The molecule has 0 bridgehead atoms. The fraction of sp³-hybridized carbons (Fsp3) is 0.167. The van der Waals surface area contributed by atoms with Gasteiger partial charge < -0.3 is 14.8 Å². The number of aromatic nitrogens is 2. The van der Waals surface area contributed by atoms with Crippen LogP contribution in [0.1, 0.15) is 5.56 Å². The number of carbonyl (C=O) groups is 1. The van der Waals surface area contributed by atoms with Crippen molar-refractivity contribution in [2.75, 3.05) is 13.2 Å². The van der Waals surface area contributed by atoms with Gasteiger partial charge in [0.05, 0.1) is 6.54 Å². The van der Waals surface area contributed by atoms with Crippen molar-refractivity contribution in [2.24, 2.45) is 0 Å². The van der Waals surface area contributed by atoms with Crippen LogP contribution < -0.4 is 10.1 Å². The van der Waals surface area contributed by atoms with E-state index in [0.717, 1.165) is 16.8 Å². The van der Waals surface area contributed by atoms with E-state index in [4.69, 9.17) is 9.47 Å². The Labute approximate surface area is 149 Å². The van der Waals surface area contributed by atoms with Crippen LogP contribution in [0.2, 0.25) is 0 Å². The molecule has 0 aliphatic heterocycles. The number of hydrogen-bond acceptors (Lipinski definition) is 6. The Morgan fingerprint density at radius 3 is 2.68 bits per heavy atom. The summed E-state index contributed by atoms with van der Waals surface area (Å²) in [5.74, 6) is 0.703. The Kier molecular flexibility index (Phi) is 5.95. The minimum atomic E-state index is -0.468. The fourth-order valence-electron chi connectivity index (χ4n) is 2.17. The summed E-state index contributed by atoms with van der Waals surface area (Å²) in [4.78, 5) is 11.7. The van der Waals surface area contributed by atoms with Crippen LogP contribution in [0.5, 0.6) is 5.75 Å². The Bertz CT molecular complexity index is 794. The maximum absolute atomic E-state index is 11.7. The summed E-state index contributed by atoms with van der Waals surface area (Å²) >= 11 is 1.29. The fourth-order valence-corrected chi connectivity index (χ4v) is 2.63. The maximum atomic E-state index is 11.7. The Balaban J connectivity index is 1.42. The third kappa shape index (κ3) is 5.02. The molecule has 0 fully saturated rings. The maximum Gasteiger partial charge on any atom is 0.407 e. The molecule has 0 spiro atoms. The number of para-hydroxylation sites is 1. The molecule has 2 aromatic carbocycles. The molecule has 0 atom stereocenters. The largest absolute Gasteiger partial charge is 0.491 e. The van der Waals surface area contributed by atoms with Crippen molar-refractivity contribution >= 4 is 17.6 Å². The third-order valence-electron chi connectivity index (χ3n) is 3.36. The van der Waals surface area contributed by atoms with Gasteiger partial charge in [-0.05, 0) is 29.2 Å². The molecule has 6 nitrogen and oxygen atoms in total. The van der Waals surface area contributed by atoms with Crippen LogP contribution in [0.15, 0.2) is 60.0 Å². The number of hydrogen-bond donors (Lipinski definition) is 1. The molecular formula is C18H17N3O3S. The topological polar surface area (TPSA) is 73.3 Å². The number of benzene rings is 2. The lowest BCUT2D eigenvalue weighted by molar-refractivity contribution is 0.137. The van der Waals surface area contributed by atoms with Crippen LogP contribution in [-0.2, 0) is 11.3 Å². The van der Waals surface area contributed by atoms with Crippen molar-refractivity contribution < 1.29 is 14.3 Å². The van der Waals surface area contributed by atoms with E-state index >= 15 is 0 Å². The second kappa shape index (κ2) is 8.79. The number of ether oxygens (including phenoxy) is 2. The number of alkyl carbamates (subject to hydrolysis) is 1. The summed E-state index contributed by atoms with van der Waals surface area (Å²) < 4.78 is 14.7. The molecule has 0 saturated heterocycles. The van der Waals surface area contributed by atoms with E-state index in [0.29, 0.717) is 18.9 Å². The van der Waals surface area contributed by atoms with Gasteiger partial charge in [-0.3, -0.25) is 0 Å². The van der Waals surface area contributed by atoms with Crippen molar-refractivity contribution in [1.29, 1.82) is 0 Å². The van der Waals surface area contributed by atoms with Crippen LogP contribution in [0.4, 0.5) is 4.79 Å². The lowest BCUT2D eigenvalue weighted by Gasteiger charge is -2.11. The zero-order valence-corrected chi connectivity index (χ0v) is 14.2. The molecule has 0 unspecified atom stereocenters. The number of nitrogens with zero attached hydrogens (tertiary/aromatic N) is 2. The Morgan fingerprint density at radius 1 is 1.08 bits per heavy atom. The van der Waals surface area contributed by atoms with Gasteiger partial charge in [0.25, 0.3) is 0 Å². The molecular weight excluding hydrogens is 338 g/mol. The first-order valence-corrected chi connectivity index (χ1v) is 8.60. The van der Waals surface area contributed by atoms with Gasteiger partial charge in [0.2, 0.25) is 0 Å². The Hall–Kier alpha value is -2.93. The number of carbonyl (C=O) groups excluding carboxylic acids is 1. The minimum absolute atomic E-state index is 0.243. The van der Waals surface area contributed by atoms with E-state index in [-0.39, 0.29) is 6.61 Å². The van der Waals surface area contributed by atoms with Gasteiger partial charge >= 0.3 is 6.09 Å². The molecule has 3 rings (SSSR count). The lowest BCUT2D eigenvalue weighted by atomic mass is 10.1. The Morgan fingerprint density at radius 2 is 1.88 bits per heavy atom. The van der Waals surface area contributed by atoms with Gasteiger partial charge in [0, 0.05) is 10.9 Å². The molecule has 0 aliphatic carbocycles. The van der Waals surface area contributed by atoms with Crippen LogP contribution in [0.25, 0.3) is 11.3 Å². The first-order chi connectivity index (χ1) is 12.3. The van der Waals surface area contributed by atoms with E-state index < -0.39 is 6.09 Å². The van der Waals surface area contributed by atoms with E-state index in [1.807, 2.05) is 60.0 Å². The second-order valence-corrected chi connectivity index (χ2v) is 5.73. The average molecular weight is 355 g/mol. The summed E-state index contributed by atoms with van der Waals surface area (Å²) in [7, 11) is 0. The molecule has 3 aromatic rings. The minimum Gasteiger partial charge on any atom is -0.491 e. The van der Waals surface area contributed by atoms with Crippen molar-refractivity contribution in [3.05, 3.63) is 65.5 Å². The van der Waals surface area contributed by atoms with Crippen molar-refractivity contribution in [2.45, 2.75) is 6.61 Å². The smallest absolute Gasteiger partial charge is 0.407 e. The monoisotopic (exact) mass is 355 g/mol. The zero-order chi connectivity index (χ0) is 17.3. The molecule has 1 amide bonds. The molecule has 1 heterocycles. The molecule has 0 aliphatic rings. The van der Waals surface area contributed by atoms with Crippen molar-refractivity contribution in [3.63, 3.8) is 0 Å². The van der Waals surface area contributed by atoms with Gasteiger partial charge in [-0.2, -0.15) is 0 Å². The standard InChI is InChI=1S/C18H17N3O3S/c22-18(24-12-14-6-2-1-3-7-14)19-10-11-23-17-9-5-4-8-15(17)16-13-25-21-20-16/h1-9,13H,10-12H2,(H,19,22). The lowest BCUT2D eigenvalue weighted by Crippen LogP contribution is -2.28.